The van der Waals surface area contributed by atoms with Gasteiger partial charge in [-0.15, -0.1) is 0 Å². The molecule has 0 aromatic rings. The second-order valence-electron chi connectivity index (χ2n) is 2.41. The molecule has 0 spiro atoms. The van der Waals surface area contributed by atoms with Crippen LogP contribution in [-0.2, 0) is 4.79 Å². The molecule has 0 aromatic carbocycles. The Hall–Kier alpha value is -1.37. The van der Waals surface area contributed by atoms with Crippen LogP contribution in [0.4, 0.5) is 0 Å². The average molecular weight is 146 g/mol. The van der Waals surface area contributed by atoms with Crippen LogP contribution in [0.1, 0.15) is 6.92 Å². The standard InChI is InChI=1S/C10H10O/c1-9-4-2-3-5-10(8-11)7-6-9/h2-8H,1H3. The Morgan fingerprint density at radius 3 is 2.64 bits per heavy atom. The molecule has 1 aliphatic rings. The van der Waals surface area contributed by atoms with Gasteiger partial charge < -0.3 is 0 Å². The fourth-order valence-electron chi connectivity index (χ4n) is 0.791. The molecule has 1 heteroatoms. The van der Waals surface area contributed by atoms with Crippen molar-refractivity contribution in [3.63, 3.8) is 0 Å². The van der Waals surface area contributed by atoms with Gasteiger partial charge in [0, 0.05) is 5.57 Å². The van der Waals surface area contributed by atoms with Crippen LogP contribution in [0.5, 0.6) is 0 Å². The lowest BCUT2D eigenvalue weighted by Crippen LogP contribution is -1.79. The van der Waals surface area contributed by atoms with Crippen molar-refractivity contribution in [3.8, 4) is 0 Å². The first-order chi connectivity index (χ1) is 5.33. The van der Waals surface area contributed by atoms with E-state index in [0.717, 1.165) is 11.9 Å². The highest BCUT2D eigenvalue weighted by Crippen LogP contribution is 2.03. The molecule has 0 aliphatic heterocycles. The minimum atomic E-state index is 0.703. The van der Waals surface area contributed by atoms with E-state index in [1.165, 1.54) is 0 Å². The fourth-order valence-corrected chi connectivity index (χ4v) is 0.791. The third-order valence-electron chi connectivity index (χ3n) is 1.43. The van der Waals surface area contributed by atoms with E-state index in [-0.39, 0.29) is 0 Å². The van der Waals surface area contributed by atoms with E-state index in [1.807, 2.05) is 37.3 Å². The van der Waals surface area contributed by atoms with Crippen molar-refractivity contribution in [2.45, 2.75) is 6.92 Å². The van der Waals surface area contributed by atoms with Gasteiger partial charge in [-0.1, -0.05) is 42.0 Å². The molecule has 1 aliphatic carbocycles. The van der Waals surface area contributed by atoms with Gasteiger partial charge in [-0.2, -0.15) is 0 Å². The summed E-state index contributed by atoms with van der Waals surface area (Å²) in [6, 6.07) is 0. The zero-order valence-corrected chi connectivity index (χ0v) is 6.45. The largest absolute Gasteiger partial charge is 0.298 e. The monoisotopic (exact) mass is 146 g/mol. The number of carbonyl (C=O) groups excluding carboxylic acids is 1. The van der Waals surface area contributed by atoms with Crippen LogP contribution in [0.15, 0.2) is 47.6 Å². The Balaban J connectivity index is 2.92. The van der Waals surface area contributed by atoms with Gasteiger partial charge >= 0.3 is 0 Å². The Labute approximate surface area is 66.4 Å². The minimum Gasteiger partial charge on any atom is -0.298 e. The molecule has 0 heterocycles. The Morgan fingerprint density at radius 2 is 1.91 bits per heavy atom. The zero-order chi connectivity index (χ0) is 8.10. The molecule has 11 heavy (non-hydrogen) atoms. The van der Waals surface area contributed by atoms with Gasteiger partial charge in [0.2, 0.25) is 0 Å². The lowest BCUT2D eigenvalue weighted by atomic mass is 10.1. The number of aldehydes is 1. The van der Waals surface area contributed by atoms with E-state index in [1.54, 1.807) is 6.08 Å². The van der Waals surface area contributed by atoms with E-state index in [9.17, 15) is 4.79 Å². The lowest BCUT2D eigenvalue weighted by Gasteiger charge is -1.92. The maximum atomic E-state index is 10.4. The molecule has 0 radical (unpaired) electrons. The summed E-state index contributed by atoms with van der Waals surface area (Å²) in [5, 5.41) is 0. The van der Waals surface area contributed by atoms with E-state index >= 15 is 0 Å². The van der Waals surface area contributed by atoms with Crippen LogP contribution in [0.25, 0.3) is 0 Å². The second-order valence-corrected chi connectivity index (χ2v) is 2.41. The fraction of sp³-hybridized carbons (Fsp3) is 0.100. The molecule has 1 nitrogen and oxygen atoms in total. The van der Waals surface area contributed by atoms with Gasteiger partial charge in [0.15, 0.2) is 0 Å². The SMILES string of the molecule is CC1=CC=C(C=O)C=CC=C1. The Morgan fingerprint density at radius 1 is 1.18 bits per heavy atom. The van der Waals surface area contributed by atoms with Crippen LogP contribution in [0.3, 0.4) is 0 Å². The first kappa shape index (κ1) is 7.73. The van der Waals surface area contributed by atoms with Crippen molar-refractivity contribution in [2.24, 2.45) is 0 Å². The highest BCUT2D eigenvalue weighted by Gasteiger charge is 1.87. The van der Waals surface area contributed by atoms with Crippen molar-refractivity contribution in [3.05, 3.63) is 47.6 Å². The average Bonchev–Trinajstić information content (AvgIpc) is 1.98. The van der Waals surface area contributed by atoms with E-state index < -0.39 is 0 Å². The summed E-state index contributed by atoms with van der Waals surface area (Å²) >= 11 is 0. The zero-order valence-electron chi connectivity index (χ0n) is 6.45. The molecule has 0 saturated heterocycles. The molecule has 0 bridgehead atoms. The Kier molecular flexibility index (Phi) is 2.61. The minimum absolute atomic E-state index is 0.703. The molecule has 0 saturated carbocycles. The quantitative estimate of drug-likeness (QED) is 0.518. The predicted molar refractivity (Wildman–Crippen MR) is 46.2 cm³/mol. The van der Waals surface area contributed by atoms with Gasteiger partial charge in [0.1, 0.15) is 6.29 Å². The summed E-state index contributed by atoms with van der Waals surface area (Å²) in [7, 11) is 0. The van der Waals surface area contributed by atoms with Crippen LogP contribution in [0, 0.1) is 0 Å². The smallest absolute Gasteiger partial charge is 0.150 e. The molecule has 0 aromatic heterocycles. The van der Waals surface area contributed by atoms with Crippen molar-refractivity contribution in [1.29, 1.82) is 0 Å². The lowest BCUT2D eigenvalue weighted by molar-refractivity contribution is -0.104. The number of carbonyl (C=O) groups is 1. The number of hydrogen-bond donors (Lipinski definition) is 0. The summed E-state index contributed by atoms with van der Waals surface area (Å²) in [5.74, 6) is 0. The molecule has 0 fully saturated rings. The van der Waals surface area contributed by atoms with E-state index in [4.69, 9.17) is 0 Å². The third-order valence-corrected chi connectivity index (χ3v) is 1.43. The van der Waals surface area contributed by atoms with Crippen molar-refractivity contribution >= 4 is 6.29 Å². The maximum absolute atomic E-state index is 10.4. The van der Waals surface area contributed by atoms with Crippen LogP contribution in [-0.4, -0.2) is 6.29 Å². The van der Waals surface area contributed by atoms with Gasteiger partial charge in [-0.3, -0.25) is 4.79 Å². The maximum Gasteiger partial charge on any atom is 0.150 e. The normalized spacial score (nSPS) is 16.5. The molecule has 0 unspecified atom stereocenters. The highest BCUT2D eigenvalue weighted by atomic mass is 16.1. The highest BCUT2D eigenvalue weighted by molar-refractivity contribution is 5.78. The first-order valence-electron chi connectivity index (χ1n) is 3.51. The molecule has 0 N–H and O–H groups in total. The van der Waals surface area contributed by atoms with Crippen LogP contribution < -0.4 is 0 Å². The molecule has 56 valence electrons. The molecular weight excluding hydrogens is 136 g/mol. The van der Waals surface area contributed by atoms with Crippen molar-refractivity contribution in [1.82, 2.24) is 0 Å². The molecule has 0 amide bonds. The topological polar surface area (TPSA) is 17.1 Å². The predicted octanol–water partition coefficient (Wildman–Crippen LogP) is 2.18. The third kappa shape index (κ3) is 2.38. The molecule has 1 rings (SSSR count). The number of rotatable bonds is 1. The van der Waals surface area contributed by atoms with Gasteiger partial charge in [0.05, 0.1) is 0 Å². The summed E-state index contributed by atoms with van der Waals surface area (Å²) in [4.78, 5) is 10.4. The second kappa shape index (κ2) is 3.71. The van der Waals surface area contributed by atoms with Gasteiger partial charge in [0.25, 0.3) is 0 Å². The summed E-state index contributed by atoms with van der Waals surface area (Å²) < 4.78 is 0. The Bertz CT molecular complexity index is 265. The van der Waals surface area contributed by atoms with Crippen molar-refractivity contribution in [2.75, 3.05) is 0 Å². The summed E-state index contributed by atoms with van der Waals surface area (Å²) in [6.45, 7) is 1.99. The summed E-state index contributed by atoms with van der Waals surface area (Å²) in [6.07, 6.45) is 12.1. The van der Waals surface area contributed by atoms with E-state index in [2.05, 4.69) is 0 Å². The first-order valence-corrected chi connectivity index (χ1v) is 3.51. The van der Waals surface area contributed by atoms with Gasteiger partial charge in [-0.25, -0.2) is 0 Å². The molecule has 0 atom stereocenters. The number of hydrogen-bond acceptors (Lipinski definition) is 1. The van der Waals surface area contributed by atoms with Gasteiger partial charge in [-0.05, 0) is 6.92 Å². The van der Waals surface area contributed by atoms with Crippen molar-refractivity contribution < 1.29 is 4.79 Å². The molecular formula is C10H10O. The van der Waals surface area contributed by atoms with Crippen LogP contribution >= 0.6 is 0 Å². The van der Waals surface area contributed by atoms with Crippen LogP contribution in [0.2, 0.25) is 0 Å². The number of allylic oxidation sites excluding steroid dienone is 8. The van der Waals surface area contributed by atoms with E-state index in [0.29, 0.717) is 5.57 Å². The summed E-state index contributed by atoms with van der Waals surface area (Å²) in [5.41, 5.74) is 1.85.